The molecule has 0 bridgehead atoms. The van der Waals surface area contributed by atoms with E-state index in [-0.39, 0.29) is 52.0 Å². The normalized spacial score (nSPS) is 14.4. The Morgan fingerprint density at radius 3 is 2.65 bits per heavy atom. The summed E-state index contributed by atoms with van der Waals surface area (Å²) in [6.45, 7) is 1.80. The summed E-state index contributed by atoms with van der Waals surface area (Å²) in [5, 5.41) is 14.5. The van der Waals surface area contributed by atoms with Gasteiger partial charge in [0.2, 0.25) is 5.91 Å². The summed E-state index contributed by atoms with van der Waals surface area (Å²) in [6, 6.07) is 6.27. The van der Waals surface area contributed by atoms with Gasteiger partial charge in [0.1, 0.15) is 23.6 Å². The zero-order chi connectivity index (χ0) is 33.0. The summed E-state index contributed by atoms with van der Waals surface area (Å²) in [4.78, 5) is 33.3. The van der Waals surface area contributed by atoms with Crippen molar-refractivity contribution >= 4 is 34.9 Å². The number of rotatable bonds is 12. The lowest BCUT2D eigenvalue weighted by Gasteiger charge is -2.33. The van der Waals surface area contributed by atoms with Gasteiger partial charge in [0.15, 0.2) is 5.65 Å². The van der Waals surface area contributed by atoms with Gasteiger partial charge >= 0.3 is 6.61 Å². The number of ether oxygens (including phenoxy) is 1. The van der Waals surface area contributed by atoms with Gasteiger partial charge in [-0.15, -0.1) is 11.8 Å². The third-order valence-electron chi connectivity index (χ3n) is 7.17. The molecule has 2 amide bonds. The number of halogens is 4. The second-order valence-corrected chi connectivity index (χ2v) is 12.9. The highest BCUT2D eigenvalue weighted by atomic mass is 32.2. The Bertz CT molecular complexity index is 1680. The highest BCUT2D eigenvalue weighted by Gasteiger charge is 2.28. The summed E-state index contributed by atoms with van der Waals surface area (Å²) < 4.78 is 61.0. The maximum Gasteiger partial charge on any atom is 0.387 e. The van der Waals surface area contributed by atoms with Crippen molar-refractivity contribution in [1.82, 2.24) is 34.6 Å². The lowest BCUT2D eigenvalue weighted by molar-refractivity contribution is -0.133. The number of aromatic nitrogens is 5. The molecule has 5 rings (SSSR count). The highest BCUT2D eigenvalue weighted by molar-refractivity contribution is 7.99. The summed E-state index contributed by atoms with van der Waals surface area (Å²) in [7, 11) is 0. The summed E-state index contributed by atoms with van der Waals surface area (Å²) in [5.74, 6) is -3.82. The summed E-state index contributed by atoms with van der Waals surface area (Å²) >= 11 is 1.50. The van der Waals surface area contributed by atoms with Crippen molar-refractivity contribution in [3.8, 4) is 17.0 Å². The molecule has 3 aromatic heterocycles. The molecule has 4 aromatic rings. The molecule has 1 aliphatic heterocycles. The van der Waals surface area contributed by atoms with E-state index in [9.17, 15) is 27.2 Å². The van der Waals surface area contributed by atoms with Crippen molar-refractivity contribution in [2.24, 2.45) is 0 Å². The zero-order valence-electron chi connectivity index (χ0n) is 25.4. The molecule has 1 fully saturated rings. The van der Waals surface area contributed by atoms with Crippen LogP contribution >= 0.6 is 11.8 Å². The maximum absolute atomic E-state index is 13.5. The lowest BCUT2D eigenvalue weighted by atomic mass is 10.0. The molecule has 16 heteroatoms. The van der Waals surface area contributed by atoms with Gasteiger partial charge in [-0.3, -0.25) is 14.3 Å². The topological polar surface area (TPSA) is 119 Å². The quantitative estimate of drug-likeness (QED) is 0.157. The third-order valence-corrected chi connectivity index (χ3v) is 8.17. The van der Waals surface area contributed by atoms with Gasteiger partial charge in [-0.1, -0.05) is 13.8 Å². The van der Waals surface area contributed by atoms with Crippen molar-refractivity contribution in [1.29, 1.82) is 0 Å². The molecule has 1 saturated heterocycles. The minimum Gasteiger partial charge on any atom is -0.434 e. The van der Waals surface area contributed by atoms with E-state index in [0.717, 1.165) is 11.8 Å². The highest BCUT2D eigenvalue weighted by Crippen LogP contribution is 2.39. The molecule has 246 valence electrons. The number of anilines is 1. The first kappa shape index (κ1) is 33.2. The average molecular weight is 663 g/mol. The van der Waals surface area contributed by atoms with Crippen LogP contribution < -0.4 is 15.4 Å². The van der Waals surface area contributed by atoms with Crippen LogP contribution in [0, 0.1) is 0 Å². The van der Waals surface area contributed by atoms with E-state index in [4.69, 9.17) is 4.74 Å². The summed E-state index contributed by atoms with van der Waals surface area (Å²) in [6.07, 6.45) is 6.99. The molecule has 0 atom stereocenters. The van der Waals surface area contributed by atoms with Crippen LogP contribution in [-0.2, 0) is 11.3 Å². The fourth-order valence-corrected chi connectivity index (χ4v) is 5.98. The van der Waals surface area contributed by atoms with Crippen LogP contribution in [0.1, 0.15) is 44.0 Å². The first-order valence-electron chi connectivity index (χ1n) is 14.7. The van der Waals surface area contributed by atoms with Crippen LogP contribution in [0.15, 0.2) is 53.9 Å². The van der Waals surface area contributed by atoms with Gasteiger partial charge in [0.05, 0.1) is 18.4 Å². The number of hydrogen-bond donors (Lipinski definition) is 2. The number of carbonyl (C=O) groups is 2. The number of nitrogens with one attached hydrogen (secondary N) is 2. The van der Waals surface area contributed by atoms with Crippen LogP contribution in [-0.4, -0.2) is 84.6 Å². The van der Waals surface area contributed by atoms with Crippen molar-refractivity contribution < 1.29 is 31.9 Å². The van der Waals surface area contributed by atoms with E-state index >= 15 is 0 Å². The molecule has 0 aliphatic carbocycles. The van der Waals surface area contributed by atoms with Crippen molar-refractivity contribution in [3.63, 3.8) is 0 Å². The van der Waals surface area contributed by atoms with Crippen molar-refractivity contribution in [2.75, 3.05) is 25.0 Å². The van der Waals surface area contributed by atoms with Crippen LogP contribution in [0.2, 0.25) is 0 Å². The number of alkyl halides is 4. The molecule has 1 aliphatic rings. The number of carbonyl (C=O) groups excluding carboxylic acids is 2. The second kappa shape index (κ2) is 14.1. The van der Waals surface area contributed by atoms with E-state index < -0.39 is 25.0 Å². The van der Waals surface area contributed by atoms with Gasteiger partial charge in [0, 0.05) is 60.4 Å². The predicted octanol–water partition coefficient (Wildman–Crippen LogP) is 5.18. The standard InChI is InChI=1S/C30H34F4N8O3S/c1-18(2)46-20-5-6-24(45-29(31)32)21(13-20)26-23(38-28(44)22-14-37-42-10-4-9-35-27(22)42)15-41(39-26)16-25(43)40-11-7-19(8-12-40)36-17-30(3,33)34/h4-6,9-10,13-15,18-19,29,36H,7-8,11-12,16-17H2,1-3H3,(H,38,44). The predicted molar refractivity (Wildman–Crippen MR) is 164 cm³/mol. The van der Waals surface area contributed by atoms with E-state index in [1.807, 2.05) is 13.8 Å². The van der Waals surface area contributed by atoms with Crippen LogP contribution in [0.3, 0.4) is 0 Å². The SMILES string of the molecule is CC(C)Sc1ccc(OC(F)F)c(-c2nn(CC(=O)N3CCC(NCC(C)(F)F)CC3)cc2NC(=O)c2cnn3cccnc23)c1. The number of nitrogens with zero attached hydrogens (tertiary/aromatic N) is 6. The molecule has 0 saturated carbocycles. The Balaban J connectivity index is 1.43. The number of fused-ring (bicyclic) bond motifs is 1. The van der Waals surface area contributed by atoms with E-state index in [2.05, 4.69) is 25.8 Å². The number of amides is 2. The lowest BCUT2D eigenvalue weighted by Crippen LogP contribution is -2.47. The van der Waals surface area contributed by atoms with Crippen LogP contribution in [0.25, 0.3) is 16.9 Å². The Labute approximate surface area is 266 Å². The van der Waals surface area contributed by atoms with Crippen molar-refractivity contribution in [2.45, 2.75) is 68.9 Å². The molecule has 1 aromatic carbocycles. The van der Waals surface area contributed by atoms with Gasteiger partial charge in [-0.25, -0.2) is 18.3 Å². The van der Waals surface area contributed by atoms with E-state index in [1.165, 1.54) is 45.6 Å². The Morgan fingerprint density at radius 1 is 1.20 bits per heavy atom. The number of hydrogen-bond acceptors (Lipinski definition) is 8. The fraction of sp³-hybridized carbons (Fsp3) is 0.433. The molecular weight excluding hydrogens is 628 g/mol. The number of piperidine rings is 1. The Morgan fingerprint density at radius 2 is 1.96 bits per heavy atom. The molecule has 4 heterocycles. The van der Waals surface area contributed by atoms with Gasteiger partial charge in [-0.2, -0.15) is 19.0 Å². The van der Waals surface area contributed by atoms with Gasteiger partial charge in [0.25, 0.3) is 11.8 Å². The summed E-state index contributed by atoms with van der Waals surface area (Å²) in [5.41, 5.74) is 0.950. The fourth-order valence-electron chi connectivity index (χ4n) is 5.10. The van der Waals surface area contributed by atoms with Crippen LogP contribution in [0.5, 0.6) is 5.75 Å². The number of benzene rings is 1. The van der Waals surface area contributed by atoms with Gasteiger partial charge in [-0.05, 0) is 37.1 Å². The minimum absolute atomic E-state index is 0.121. The molecule has 11 nitrogen and oxygen atoms in total. The zero-order valence-corrected chi connectivity index (χ0v) is 26.2. The molecule has 0 unspecified atom stereocenters. The van der Waals surface area contributed by atoms with E-state index in [0.29, 0.717) is 31.6 Å². The Hall–Kier alpha value is -4.18. The smallest absolute Gasteiger partial charge is 0.387 e. The maximum atomic E-state index is 13.5. The molecule has 0 radical (unpaired) electrons. The number of thioether (sulfide) groups is 1. The largest absolute Gasteiger partial charge is 0.434 e. The second-order valence-electron chi connectivity index (χ2n) is 11.3. The third kappa shape index (κ3) is 8.34. The minimum atomic E-state index is -3.12. The number of likely N-dealkylation sites (tertiary alicyclic amines) is 1. The first-order chi connectivity index (χ1) is 21.9. The average Bonchev–Trinajstić information content (AvgIpc) is 3.60. The van der Waals surface area contributed by atoms with E-state index in [1.54, 1.807) is 29.3 Å². The van der Waals surface area contributed by atoms with Crippen LogP contribution in [0.4, 0.5) is 23.2 Å². The molecule has 0 spiro atoms. The molecular formula is C30H34F4N8O3S. The molecule has 2 N–H and O–H groups in total. The monoisotopic (exact) mass is 662 g/mol. The first-order valence-corrected chi connectivity index (χ1v) is 15.6. The molecule has 46 heavy (non-hydrogen) atoms. The van der Waals surface area contributed by atoms with Crippen molar-refractivity contribution in [3.05, 3.63) is 54.6 Å². The van der Waals surface area contributed by atoms with Gasteiger partial charge < -0.3 is 20.3 Å². The Kier molecular flexibility index (Phi) is 10.2.